The molecule has 1 saturated carbocycles. The van der Waals surface area contributed by atoms with Gasteiger partial charge in [0, 0.05) is 18.7 Å². The van der Waals surface area contributed by atoms with Crippen molar-refractivity contribution in [3.63, 3.8) is 0 Å². The Hall–Kier alpha value is -1.16. The third-order valence-corrected chi connectivity index (χ3v) is 2.55. The molecule has 0 amide bonds. The van der Waals surface area contributed by atoms with E-state index < -0.39 is 0 Å². The van der Waals surface area contributed by atoms with E-state index in [1.807, 2.05) is 0 Å². The number of nitrogen functional groups attached to an aromatic ring is 1. The summed E-state index contributed by atoms with van der Waals surface area (Å²) in [5.41, 5.74) is 2.53. The third-order valence-electron chi connectivity index (χ3n) is 2.55. The van der Waals surface area contributed by atoms with Crippen LogP contribution >= 0.6 is 0 Å². The number of hydrogen-bond donors (Lipinski definition) is 2. The Labute approximate surface area is 77.5 Å². The first-order valence-corrected chi connectivity index (χ1v) is 4.67. The van der Waals surface area contributed by atoms with Gasteiger partial charge in [-0.25, -0.2) is 15.8 Å². The number of nitrogens with two attached hydrogens (primary N) is 1. The first-order valence-electron chi connectivity index (χ1n) is 4.67. The van der Waals surface area contributed by atoms with Crippen LogP contribution in [0.2, 0.25) is 0 Å². The summed E-state index contributed by atoms with van der Waals surface area (Å²) >= 11 is 0. The third kappa shape index (κ3) is 1.95. The second-order valence-corrected chi connectivity index (χ2v) is 3.50. The Kier molecular flexibility index (Phi) is 2.40. The normalized spacial score (nSPS) is 16.7. The molecule has 2 rings (SSSR count). The van der Waals surface area contributed by atoms with Crippen molar-refractivity contribution < 1.29 is 0 Å². The van der Waals surface area contributed by atoms with Crippen molar-refractivity contribution in [3.05, 3.63) is 18.1 Å². The van der Waals surface area contributed by atoms with Gasteiger partial charge < -0.3 is 5.43 Å². The molecule has 0 aromatic carbocycles. The minimum atomic E-state index is 0.698. The van der Waals surface area contributed by atoms with E-state index in [4.69, 9.17) is 5.84 Å². The minimum Gasteiger partial charge on any atom is -0.308 e. The number of anilines is 1. The number of nitrogens with zero attached hydrogens (tertiary/aromatic N) is 2. The van der Waals surface area contributed by atoms with E-state index in [0.717, 1.165) is 18.2 Å². The number of nitrogens with one attached hydrogen (secondary N) is 1. The molecule has 4 nitrogen and oxygen atoms in total. The summed E-state index contributed by atoms with van der Waals surface area (Å²) in [6.07, 6.45) is 6.75. The van der Waals surface area contributed by atoms with E-state index >= 15 is 0 Å². The van der Waals surface area contributed by atoms with Gasteiger partial charge in [0.25, 0.3) is 0 Å². The second kappa shape index (κ2) is 3.70. The molecule has 0 radical (unpaired) electrons. The van der Waals surface area contributed by atoms with Crippen molar-refractivity contribution in [1.82, 2.24) is 9.97 Å². The lowest BCUT2D eigenvalue weighted by molar-refractivity contribution is 0.309. The lowest BCUT2D eigenvalue weighted by Crippen LogP contribution is -2.16. The number of hydrogen-bond acceptors (Lipinski definition) is 4. The van der Waals surface area contributed by atoms with E-state index in [-0.39, 0.29) is 0 Å². The molecule has 13 heavy (non-hydrogen) atoms. The fourth-order valence-electron chi connectivity index (χ4n) is 1.53. The molecule has 1 aromatic heterocycles. The molecule has 3 N–H and O–H groups in total. The summed E-state index contributed by atoms with van der Waals surface area (Å²) in [4.78, 5) is 8.47. The van der Waals surface area contributed by atoms with Crippen LogP contribution in [0.3, 0.4) is 0 Å². The lowest BCUT2D eigenvalue weighted by atomic mass is 9.83. The Bertz CT molecular complexity index is 283. The summed E-state index contributed by atoms with van der Waals surface area (Å²) < 4.78 is 0. The molecule has 1 aliphatic carbocycles. The highest BCUT2D eigenvalue weighted by Crippen LogP contribution is 2.28. The maximum Gasteiger partial charge on any atom is 0.143 e. The van der Waals surface area contributed by atoms with Gasteiger partial charge in [-0.1, -0.05) is 19.3 Å². The highest BCUT2D eigenvalue weighted by molar-refractivity contribution is 5.30. The van der Waals surface area contributed by atoms with Crippen molar-refractivity contribution in [2.24, 2.45) is 11.8 Å². The molecule has 4 heteroatoms. The molecule has 1 heterocycles. The van der Waals surface area contributed by atoms with E-state index in [2.05, 4.69) is 15.4 Å². The standard InChI is InChI=1S/C9H14N4/c10-13-8-4-5-11-9(12-8)6-7-2-1-3-7/h4-5,7H,1-3,6,10H2,(H,11,12,13). The molecule has 0 atom stereocenters. The van der Waals surface area contributed by atoms with Gasteiger partial charge in [0.05, 0.1) is 0 Å². The number of rotatable bonds is 3. The highest BCUT2D eigenvalue weighted by Gasteiger charge is 2.18. The van der Waals surface area contributed by atoms with Crippen molar-refractivity contribution in [1.29, 1.82) is 0 Å². The van der Waals surface area contributed by atoms with Crippen molar-refractivity contribution in [3.8, 4) is 0 Å². The molecule has 0 unspecified atom stereocenters. The molecule has 1 aromatic rings. The molecule has 70 valence electrons. The summed E-state index contributed by atoms with van der Waals surface area (Å²) in [5, 5.41) is 0. The first kappa shape index (κ1) is 8.44. The smallest absolute Gasteiger partial charge is 0.143 e. The van der Waals surface area contributed by atoms with Crippen LogP contribution in [0.5, 0.6) is 0 Å². The lowest BCUT2D eigenvalue weighted by Gasteiger charge is -2.24. The van der Waals surface area contributed by atoms with Crippen LogP contribution in [-0.4, -0.2) is 9.97 Å². The van der Waals surface area contributed by atoms with E-state index in [1.54, 1.807) is 12.3 Å². The highest BCUT2D eigenvalue weighted by atomic mass is 15.3. The molecule has 0 saturated heterocycles. The number of hydrazine groups is 1. The summed E-state index contributed by atoms with van der Waals surface area (Å²) in [6, 6.07) is 1.77. The zero-order valence-electron chi connectivity index (χ0n) is 7.53. The Balaban J connectivity index is 2.01. The minimum absolute atomic E-state index is 0.698. The zero-order chi connectivity index (χ0) is 9.10. The largest absolute Gasteiger partial charge is 0.308 e. The van der Waals surface area contributed by atoms with Gasteiger partial charge in [0.2, 0.25) is 0 Å². The van der Waals surface area contributed by atoms with Crippen molar-refractivity contribution >= 4 is 5.82 Å². The summed E-state index contributed by atoms with van der Waals surface area (Å²) in [6.45, 7) is 0. The average molecular weight is 178 g/mol. The fraction of sp³-hybridized carbons (Fsp3) is 0.556. The first-order chi connectivity index (χ1) is 6.38. The van der Waals surface area contributed by atoms with Crippen LogP contribution in [0.15, 0.2) is 12.3 Å². The summed E-state index contributed by atoms with van der Waals surface area (Å²) in [7, 11) is 0. The maximum atomic E-state index is 5.26. The molecular formula is C9H14N4. The Morgan fingerprint density at radius 3 is 3.00 bits per heavy atom. The Morgan fingerprint density at radius 1 is 1.54 bits per heavy atom. The molecule has 1 aliphatic rings. The molecular weight excluding hydrogens is 164 g/mol. The van der Waals surface area contributed by atoms with E-state index in [1.165, 1.54) is 19.3 Å². The SMILES string of the molecule is NNc1ccnc(CC2CCC2)n1. The van der Waals surface area contributed by atoms with Crippen molar-refractivity contribution in [2.75, 3.05) is 5.43 Å². The van der Waals surface area contributed by atoms with Gasteiger partial charge in [-0.2, -0.15) is 0 Å². The molecule has 0 aliphatic heterocycles. The van der Waals surface area contributed by atoms with Crippen LogP contribution in [0.25, 0.3) is 0 Å². The van der Waals surface area contributed by atoms with Crippen LogP contribution in [0.1, 0.15) is 25.1 Å². The van der Waals surface area contributed by atoms with Crippen LogP contribution < -0.4 is 11.3 Å². The molecule has 0 bridgehead atoms. The van der Waals surface area contributed by atoms with E-state index in [0.29, 0.717) is 5.82 Å². The fourth-order valence-corrected chi connectivity index (χ4v) is 1.53. The van der Waals surface area contributed by atoms with Gasteiger partial charge in [-0.3, -0.25) is 0 Å². The van der Waals surface area contributed by atoms with Crippen LogP contribution in [-0.2, 0) is 6.42 Å². The van der Waals surface area contributed by atoms with Crippen molar-refractivity contribution in [2.45, 2.75) is 25.7 Å². The molecule has 1 fully saturated rings. The van der Waals surface area contributed by atoms with E-state index in [9.17, 15) is 0 Å². The van der Waals surface area contributed by atoms with Gasteiger partial charge >= 0.3 is 0 Å². The van der Waals surface area contributed by atoms with Crippen LogP contribution in [0, 0.1) is 5.92 Å². The van der Waals surface area contributed by atoms with Gasteiger partial charge in [0.15, 0.2) is 0 Å². The Morgan fingerprint density at radius 2 is 2.38 bits per heavy atom. The van der Waals surface area contributed by atoms with Gasteiger partial charge in [0.1, 0.15) is 11.6 Å². The summed E-state index contributed by atoms with van der Waals surface area (Å²) in [5.74, 6) is 7.66. The number of aromatic nitrogens is 2. The zero-order valence-corrected chi connectivity index (χ0v) is 7.53. The predicted molar refractivity (Wildman–Crippen MR) is 50.9 cm³/mol. The van der Waals surface area contributed by atoms with Gasteiger partial charge in [-0.05, 0) is 5.92 Å². The predicted octanol–water partition coefficient (Wildman–Crippen LogP) is 1.10. The topological polar surface area (TPSA) is 63.8 Å². The van der Waals surface area contributed by atoms with Crippen LogP contribution in [0.4, 0.5) is 5.82 Å². The second-order valence-electron chi connectivity index (χ2n) is 3.50. The van der Waals surface area contributed by atoms with Gasteiger partial charge in [-0.15, -0.1) is 0 Å². The maximum absolute atomic E-state index is 5.26. The average Bonchev–Trinajstić information content (AvgIpc) is 2.12. The molecule has 0 spiro atoms. The monoisotopic (exact) mass is 178 g/mol. The quantitative estimate of drug-likeness (QED) is 0.537.